The average Bonchev–Trinajstić information content (AvgIpc) is 3.13. The van der Waals surface area contributed by atoms with Crippen molar-refractivity contribution < 1.29 is 19.4 Å². The number of aliphatic hydroxyl groups excluding tert-OH is 1. The van der Waals surface area contributed by atoms with Crippen molar-refractivity contribution in [2.24, 2.45) is 0 Å². The van der Waals surface area contributed by atoms with E-state index in [1.54, 1.807) is 24.0 Å². The molecular formula is C15H17NO4S. The van der Waals surface area contributed by atoms with Gasteiger partial charge in [0.2, 0.25) is 0 Å². The Hall–Kier alpha value is -1.84. The second kappa shape index (κ2) is 7.25. The molecule has 1 aliphatic rings. The molecule has 1 aromatic heterocycles. The molecule has 2 rings (SSSR count). The van der Waals surface area contributed by atoms with Gasteiger partial charge >= 0.3 is 5.97 Å². The highest BCUT2D eigenvalue weighted by Crippen LogP contribution is 2.24. The third-order valence-electron chi connectivity index (χ3n) is 3.18. The first-order chi connectivity index (χ1) is 10.2. The van der Waals surface area contributed by atoms with Gasteiger partial charge in [0.1, 0.15) is 12.6 Å². The van der Waals surface area contributed by atoms with Crippen molar-refractivity contribution >= 4 is 23.2 Å². The van der Waals surface area contributed by atoms with Gasteiger partial charge in [-0.25, -0.2) is 4.79 Å². The molecule has 0 bridgehead atoms. The van der Waals surface area contributed by atoms with Crippen molar-refractivity contribution in [3.05, 3.63) is 21.9 Å². The molecule has 6 heteroatoms. The number of aliphatic hydroxyl groups is 1. The van der Waals surface area contributed by atoms with Gasteiger partial charge in [-0.3, -0.25) is 4.79 Å². The van der Waals surface area contributed by atoms with Crippen LogP contribution in [0.2, 0.25) is 0 Å². The third kappa shape index (κ3) is 3.63. The second-order valence-corrected chi connectivity index (χ2v) is 5.62. The molecule has 1 amide bonds. The number of carbonyl (C=O) groups is 2. The maximum Gasteiger partial charge on any atom is 0.328 e. The van der Waals surface area contributed by atoms with Crippen LogP contribution in [-0.4, -0.2) is 47.7 Å². The van der Waals surface area contributed by atoms with Gasteiger partial charge in [0.25, 0.3) is 5.91 Å². The lowest BCUT2D eigenvalue weighted by Gasteiger charge is -2.22. The minimum Gasteiger partial charge on any atom is -0.464 e. The summed E-state index contributed by atoms with van der Waals surface area (Å²) in [5.74, 6) is 4.82. The Morgan fingerprint density at radius 2 is 2.33 bits per heavy atom. The quantitative estimate of drug-likeness (QED) is 0.674. The molecule has 1 aromatic rings. The van der Waals surface area contributed by atoms with Gasteiger partial charge < -0.3 is 14.7 Å². The van der Waals surface area contributed by atoms with E-state index in [0.717, 1.165) is 11.3 Å². The molecule has 1 N–H and O–H groups in total. The van der Waals surface area contributed by atoms with Gasteiger partial charge in [-0.05, 0) is 31.9 Å². The molecule has 0 aliphatic carbocycles. The van der Waals surface area contributed by atoms with E-state index in [2.05, 4.69) is 11.8 Å². The predicted molar refractivity (Wildman–Crippen MR) is 79.0 cm³/mol. The summed E-state index contributed by atoms with van der Waals surface area (Å²) in [5, 5.41) is 8.67. The Morgan fingerprint density at radius 1 is 1.52 bits per heavy atom. The van der Waals surface area contributed by atoms with Crippen LogP contribution in [0, 0.1) is 11.8 Å². The van der Waals surface area contributed by atoms with Gasteiger partial charge in [-0.15, -0.1) is 11.3 Å². The van der Waals surface area contributed by atoms with Crippen LogP contribution < -0.4 is 0 Å². The minimum atomic E-state index is -0.480. The Kier molecular flexibility index (Phi) is 5.37. The second-order valence-electron chi connectivity index (χ2n) is 4.53. The maximum atomic E-state index is 12.5. The van der Waals surface area contributed by atoms with Gasteiger partial charge in [0, 0.05) is 6.54 Å². The molecule has 0 spiro atoms. The summed E-state index contributed by atoms with van der Waals surface area (Å²) in [6.45, 7) is 2.43. The fourth-order valence-corrected chi connectivity index (χ4v) is 3.12. The van der Waals surface area contributed by atoms with Gasteiger partial charge in [0.05, 0.1) is 16.4 Å². The first-order valence-corrected chi connectivity index (χ1v) is 7.66. The van der Waals surface area contributed by atoms with Crippen LogP contribution in [0.25, 0.3) is 0 Å². The number of hydrogen-bond donors (Lipinski definition) is 1. The summed E-state index contributed by atoms with van der Waals surface area (Å²) in [4.78, 5) is 27.2. The van der Waals surface area contributed by atoms with Gasteiger partial charge in [-0.1, -0.05) is 11.8 Å². The minimum absolute atomic E-state index is 0.160. The fourth-order valence-electron chi connectivity index (χ4n) is 2.28. The summed E-state index contributed by atoms with van der Waals surface area (Å²) in [6.07, 6.45) is 1.45. The van der Waals surface area contributed by atoms with Crippen LogP contribution in [-0.2, 0) is 9.53 Å². The number of thiophene rings is 1. The Labute approximate surface area is 127 Å². The zero-order valence-corrected chi connectivity index (χ0v) is 12.6. The van der Waals surface area contributed by atoms with Crippen LogP contribution >= 0.6 is 11.3 Å². The molecule has 1 fully saturated rings. The lowest BCUT2D eigenvalue weighted by atomic mass is 10.2. The molecule has 1 atom stereocenters. The topological polar surface area (TPSA) is 66.8 Å². The van der Waals surface area contributed by atoms with Crippen LogP contribution in [0.3, 0.4) is 0 Å². The average molecular weight is 307 g/mol. The van der Waals surface area contributed by atoms with E-state index in [9.17, 15) is 9.59 Å². The molecule has 21 heavy (non-hydrogen) atoms. The van der Waals surface area contributed by atoms with Crippen molar-refractivity contribution in [2.75, 3.05) is 19.8 Å². The zero-order chi connectivity index (χ0) is 15.2. The van der Waals surface area contributed by atoms with E-state index < -0.39 is 6.04 Å². The van der Waals surface area contributed by atoms with Gasteiger partial charge in [0.15, 0.2) is 0 Å². The summed E-state index contributed by atoms with van der Waals surface area (Å²) in [6, 6.07) is 2.97. The predicted octanol–water partition coefficient (Wildman–Crippen LogP) is 1.26. The van der Waals surface area contributed by atoms with Gasteiger partial charge in [-0.2, -0.15) is 0 Å². The Morgan fingerprint density at radius 3 is 3.05 bits per heavy atom. The van der Waals surface area contributed by atoms with E-state index in [1.807, 2.05) is 0 Å². The maximum absolute atomic E-state index is 12.5. The number of esters is 1. The lowest BCUT2D eigenvalue weighted by molar-refractivity contribution is -0.147. The molecule has 112 valence electrons. The third-order valence-corrected chi connectivity index (χ3v) is 4.17. The SMILES string of the molecule is CCOC(=O)C1CCCN1C(=O)c1ccc(C#CCO)s1. The first kappa shape index (κ1) is 15.5. The van der Waals surface area contributed by atoms with Crippen molar-refractivity contribution in [3.63, 3.8) is 0 Å². The molecule has 1 aliphatic heterocycles. The standard InChI is InChI=1S/C15H17NO4S/c1-2-20-15(19)12-6-3-9-16(12)14(18)13-8-7-11(21-13)5-4-10-17/h7-8,12,17H,2-3,6,9-10H2,1H3. The number of amides is 1. The van der Waals surface area contributed by atoms with E-state index in [1.165, 1.54) is 11.3 Å². The lowest BCUT2D eigenvalue weighted by Crippen LogP contribution is -2.41. The van der Waals surface area contributed by atoms with Crippen LogP contribution in [0.4, 0.5) is 0 Å². The molecule has 1 saturated heterocycles. The molecule has 1 unspecified atom stereocenters. The van der Waals surface area contributed by atoms with E-state index in [0.29, 0.717) is 24.4 Å². The summed E-state index contributed by atoms with van der Waals surface area (Å²) in [7, 11) is 0. The van der Waals surface area contributed by atoms with Crippen molar-refractivity contribution in [2.45, 2.75) is 25.8 Å². The highest BCUT2D eigenvalue weighted by Gasteiger charge is 2.35. The number of rotatable bonds is 3. The molecule has 0 aromatic carbocycles. The number of hydrogen-bond acceptors (Lipinski definition) is 5. The molecular weight excluding hydrogens is 290 g/mol. The van der Waals surface area contributed by atoms with E-state index in [4.69, 9.17) is 9.84 Å². The monoisotopic (exact) mass is 307 g/mol. The van der Waals surface area contributed by atoms with Crippen molar-refractivity contribution in [1.82, 2.24) is 4.90 Å². The van der Waals surface area contributed by atoms with E-state index >= 15 is 0 Å². The number of nitrogens with zero attached hydrogens (tertiary/aromatic N) is 1. The Bertz CT molecular complexity index is 584. The smallest absolute Gasteiger partial charge is 0.328 e. The fraction of sp³-hybridized carbons (Fsp3) is 0.467. The molecule has 2 heterocycles. The first-order valence-electron chi connectivity index (χ1n) is 6.84. The summed E-state index contributed by atoms with van der Waals surface area (Å²) >= 11 is 1.27. The number of ether oxygens (including phenoxy) is 1. The van der Waals surface area contributed by atoms with Crippen molar-refractivity contribution in [1.29, 1.82) is 0 Å². The van der Waals surface area contributed by atoms with Crippen LogP contribution in [0.15, 0.2) is 12.1 Å². The number of carbonyl (C=O) groups excluding carboxylic acids is 2. The normalized spacial score (nSPS) is 17.2. The van der Waals surface area contributed by atoms with Crippen LogP contribution in [0.5, 0.6) is 0 Å². The molecule has 0 radical (unpaired) electrons. The molecule has 0 saturated carbocycles. The van der Waals surface area contributed by atoms with E-state index in [-0.39, 0.29) is 18.5 Å². The number of likely N-dealkylation sites (tertiary alicyclic amines) is 1. The highest BCUT2D eigenvalue weighted by molar-refractivity contribution is 7.14. The zero-order valence-electron chi connectivity index (χ0n) is 11.8. The summed E-state index contributed by atoms with van der Waals surface area (Å²) < 4.78 is 5.02. The highest BCUT2D eigenvalue weighted by atomic mass is 32.1. The largest absolute Gasteiger partial charge is 0.464 e. The van der Waals surface area contributed by atoms with Crippen LogP contribution in [0.1, 0.15) is 34.3 Å². The Balaban J connectivity index is 2.11. The summed E-state index contributed by atoms with van der Waals surface area (Å²) in [5.41, 5.74) is 0. The molecule has 5 nitrogen and oxygen atoms in total. The van der Waals surface area contributed by atoms with Crippen molar-refractivity contribution in [3.8, 4) is 11.8 Å².